The van der Waals surface area contributed by atoms with E-state index in [1.54, 1.807) is 24.3 Å². The molecule has 0 aliphatic rings. The normalized spacial score (nSPS) is 11.4. The van der Waals surface area contributed by atoms with Gasteiger partial charge in [-0.1, -0.05) is 12.1 Å². The predicted molar refractivity (Wildman–Crippen MR) is 126 cm³/mol. The molecule has 1 heterocycles. The second-order valence-corrected chi connectivity index (χ2v) is 7.41. The van der Waals surface area contributed by atoms with E-state index >= 15 is 0 Å². The van der Waals surface area contributed by atoms with E-state index in [0.29, 0.717) is 22.7 Å². The Morgan fingerprint density at radius 2 is 1.51 bits per heavy atom. The van der Waals surface area contributed by atoms with Crippen LogP contribution in [0.15, 0.2) is 91.4 Å². The Bertz CT molecular complexity index is 1300. The molecule has 0 aliphatic heterocycles. The largest absolute Gasteiger partial charge is 0.497 e. The average molecular weight is 474 g/mol. The molecule has 176 valence electrons. The fourth-order valence-corrected chi connectivity index (χ4v) is 3.47. The summed E-state index contributed by atoms with van der Waals surface area (Å²) >= 11 is 0. The molecule has 4 rings (SSSR count). The van der Waals surface area contributed by atoms with E-state index in [0.717, 1.165) is 0 Å². The average Bonchev–Trinajstić information content (AvgIpc) is 2.89. The Balaban J connectivity index is 1.83. The standard InChI is InChI=1S/C26H20F2N4O3/c1-35-22-12-10-21(11-13-22)32(26(34)23-16-29-14-15-30-23)24(17-2-4-18(27)5-3-17)25(33)31-20-8-6-19(28)7-9-20/h2-16,24H,1H3,(H,31,33)/t24-/m0/s1. The van der Waals surface area contributed by atoms with Gasteiger partial charge in [-0.15, -0.1) is 0 Å². The third kappa shape index (κ3) is 5.47. The highest BCUT2D eigenvalue weighted by Crippen LogP contribution is 2.31. The minimum Gasteiger partial charge on any atom is -0.497 e. The number of benzene rings is 3. The summed E-state index contributed by atoms with van der Waals surface area (Å²) in [5.41, 5.74) is 1.04. The molecule has 3 aromatic carbocycles. The number of anilines is 2. The molecule has 0 aliphatic carbocycles. The molecule has 0 spiro atoms. The number of nitrogens with zero attached hydrogens (tertiary/aromatic N) is 3. The maximum absolute atomic E-state index is 13.7. The van der Waals surface area contributed by atoms with Crippen molar-refractivity contribution in [1.29, 1.82) is 0 Å². The van der Waals surface area contributed by atoms with E-state index in [1.165, 1.54) is 79.1 Å². The Labute approximate surface area is 200 Å². The first kappa shape index (κ1) is 23.5. The zero-order valence-electron chi connectivity index (χ0n) is 18.6. The van der Waals surface area contributed by atoms with Crippen LogP contribution in [-0.4, -0.2) is 28.9 Å². The Kier molecular flexibility index (Phi) is 7.06. The lowest BCUT2D eigenvalue weighted by Crippen LogP contribution is -2.42. The summed E-state index contributed by atoms with van der Waals surface area (Å²) < 4.78 is 32.3. The first-order chi connectivity index (χ1) is 17.0. The van der Waals surface area contributed by atoms with Crippen LogP contribution in [0, 0.1) is 11.6 Å². The maximum atomic E-state index is 13.7. The number of halogens is 2. The highest BCUT2D eigenvalue weighted by Gasteiger charge is 2.34. The topological polar surface area (TPSA) is 84.4 Å². The van der Waals surface area contributed by atoms with Crippen LogP contribution in [0.2, 0.25) is 0 Å². The number of nitrogens with one attached hydrogen (secondary N) is 1. The molecule has 1 atom stereocenters. The lowest BCUT2D eigenvalue weighted by atomic mass is 10.0. The molecule has 1 N–H and O–H groups in total. The zero-order chi connectivity index (χ0) is 24.8. The fraction of sp³-hybridized carbons (Fsp3) is 0.0769. The minimum absolute atomic E-state index is 0.00464. The van der Waals surface area contributed by atoms with Crippen molar-refractivity contribution in [2.75, 3.05) is 17.3 Å². The van der Waals surface area contributed by atoms with Gasteiger partial charge >= 0.3 is 0 Å². The Morgan fingerprint density at radius 3 is 2.09 bits per heavy atom. The van der Waals surface area contributed by atoms with E-state index in [4.69, 9.17) is 4.74 Å². The fourth-order valence-electron chi connectivity index (χ4n) is 3.47. The molecule has 0 saturated heterocycles. The molecule has 9 heteroatoms. The molecule has 7 nitrogen and oxygen atoms in total. The smallest absolute Gasteiger partial charge is 0.279 e. The van der Waals surface area contributed by atoms with Gasteiger partial charge in [-0.25, -0.2) is 13.8 Å². The predicted octanol–water partition coefficient (Wildman–Crippen LogP) is 4.79. The highest BCUT2D eigenvalue weighted by atomic mass is 19.1. The number of rotatable bonds is 7. The molecule has 0 saturated carbocycles. The number of hydrogen-bond acceptors (Lipinski definition) is 5. The summed E-state index contributed by atoms with van der Waals surface area (Å²) in [4.78, 5) is 36.6. The number of ether oxygens (including phenoxy) is 1. The molecule has 0 fully saturated rings. The summed E-state index contributed by atoms with van der Waals surface area (Å²) in [6, 6.07) is 15.7. The number of hydrogen-bond donors (Lipinski definition) is 1. The molecule has 0 radical (unpaired) electrons. The van der Waals surface area contributed by atoms with Gasteiger partial charge < -0.3 is 10.1 Å². The van der Waals surface area contributed by atoms with Gasteiger partial charge in [-0.2, -0.15) is 0 Å². The monoisotopic (exact) mass is 474 g/mol. The van der Waals surface area contributed by atoms with Crippen molar-refractivity contribution in [3.05, 3.63) is 114 Å². The Morgan fingerprint density at radius 1 is 0.886 bits per heavy atom. The Hall–Kier alpha value is -4.66. The van der Waals surface area contributed by atoms with E-state index in [1.807, 2.05) is 0 Å². The molecule has 4 aromatic rings. The van der Waals surface area contributed by atoms with Crippen LogP contribution in [0.5, 0.6) is 5.75 Å². The SMILES string of the molecule is COc1ccc(N(C(=O)c2cnccn2)[C@H](C(=O)Nc2ccc(F)cc2)c2ccc(F)cc2)cc1. The number of carbonyl (C=O) groups is 2. The van der Waals surface area contributed by atoms with Crippen LogP contribution in [0.3, 0.4) is 0 Å². The van der Waals surface area contributed by atoms with Crippen molar-refractivity contribution in [1.82, 2.24) is 9.97 Å². The molecular formula is C26H20F2N4O3. The third-order valence-electron chi connectivity index (χ3n) is 5.16. The molecule has 0 bridgehead atoms. The summed E-state index contributed by atoms with van der Waals surface area (Å²) in [7, 11) is 1.51. The van der Waals surface area contributed by atoms with Crippen LogP contribution < -0.4 is 15.0 Å². The summed E-state index contributed by atoms with van der Waals surface area (Å²) in [5.74, 6) is -1.61. The van der Waals surface area contributed by atoms with Crippen molar-refractivity contribution >= 4 is 23.2 Å². The van der Waals surface area contributed by atoms with Gasteiger partial charge in [0.15, 0.2) is 0 Å². The number of methoxy groups -OCH3 is 1. The van der Waals surface area contributed by atoms with Crippen molar-refractivity contribution in [2.24, 2.45) is 0 Å². The molecule has 35 heavy (non-hydrogen) atoms. The molecule has 0 unspecified atom stereocenters. The van der Waals surface area contributed by atoms with Crippen LogP contribution in [0.1, 0.15) is 22.1 Å². The van der Waals surface area contributed by atoms with Gasteiger partial charge in [0.25, 0.3) is 11.8 Å². The number of amides is 2. The lowest BCUT2D eigenvalue weighted by Gasteiger charge is -2.31. The van der Waals surface area contributed by atoms with Gasteiger partial charge in [-0.05, 0) is 66.2 Å². The van der Waals surface area contributed by atoms with Gasteiger partial charge in [0.1, 0.15) is 29.1 Å². The van der Waals surface area contributed by atoms with Crippen molar-refractivity contribution in [2.45, 2.75) is 6.04 Å². The molecule has 2 amide bonds. The van der Waals surface area contributed by atoms with Crippen molar-refractivity contribution < 1.29 is 23.1 Å². The molecular weight excluding hydrogens is 454 g/mol. The van der Waals surface area contributed by atoms with Crippen LogP contribution >= 0.6 is 0 Å². The summed E-state index contributed by atoms with van der Waals surface area (Å²) in [6.45, 7) is 0. The van der Waals surface area contributed by atoms with Crippen molar-refractivity contribution in [3.8, 4) is 5.75 Å². The van der Waals surface area contributed by atoms with Gasteiger partial charge in [0, 0.05) is 23.8 Å². The lowest BCUT2D eigenvalue weighted by molar-refractivity contribution is -0.117. The van der Waals surface area contributed by atoms with Gasteiger partial charge in [0.05, 0.1) is 13.3 Å². The zero-order valence-corrected chi connectivity index (χ0v) is 18.6. The minimum atomic E-state index is -1.23. The number of aromatic nitrogens is 2. The summed E-state index contributed by atoms with van der Waals surface area (Å²) in [6.07, 6.45) is 4.08. The van der Waals surface area contributed by atoms with Crippen LogP contribution in [0.4, 0.5) is 20.2 Å². The molecule has 1 aromatic heterocycles. The van der Waals surface area contributed by atoms with E-state index in [-0.39, 0.29) is 5.69 Å². The highest BCUT2D eigenvalue weighted by molar-refractivity contribution is 6.11. The van der Waals surface area contributed by atoms with E-state index in [2.05, 4.69) is 15.3 Å². The maximum Gasteiger partial charge on any atom is 0.279 e. The van der Waals surface area contributed by atoms with E-state index < -0.39 is 29.5 Å². The first-order valence-corrected chi connectivity index (χ1v) is 10.5. The first-order valence-electron chi connectivity index (χ1n) is 10.5. The second-order valence-electron chi connectivity index (χ2n) is 7.41. The summed E-state index contributed by atoms with van der Waals surface area (Å²) in [5, 5.41) is 2.71. The quantitative estimate of drug-likeness (QED) is 0.416. The number of carbonyl (C=O) groups excluding carboxylic acids is 2. The van der Waals surface area contributed by atoms with Gasteiger partial charge in [-0.3, -0.25) is 19.5 Å². The van der Waals surface area contributed by atoms with Crippen LogP contribution in [-0.2, 0) is 4.79 Å². The van der Waals surface area contributed by atoms with Crippen LogP contribution in [0.25, 0.3) is 0 Å². The van der Waals surface area contributed by atoms with E-state index in [9.17, 15) is 18.4 Å². The van der Waals surface area contributed by atoms with Gasteiger partial charge in [0.2, 0.25) is 0 Å². The van der Waals surface area contributed by atoms with Crippen molar-refractivity contribution in [3.63, 3.8) is 0 Å². The second kappa shape index (κ2) is 10.5. The third-order valence-corrected chi connectivity index (χ3v) is 5.16.